The van der Waals surface area contributed by atoms with Gasteiger partial charge >= 0.3 is 0 Å². The fourth-order valence-electron chi connectivity index (χ4n) is 3.27. The van der Waals surface area contributed by atoms with Gasteiger partial charge in [0, 0.05) is 36.1 Å². The Morgan fingerprint density at radius 1 is 1.00 bits per heavy atom. The molecule has 120 valence electrons. The second-order valence-electron chi connectivity index (χ2n) is 6.15. The van der Waals surface area contributed by atoms with Crippen molar-refractivity contribution in [1.82, 2.24) is 25.6 Å². The van der Waals surface area contributed by atoms with Crippen molar-refractivity contribution in [1.29, 1.82) is 0 Å². The number of fused-ring (bicyclic) bond motifs is 1. The van der Waals surface area contributed by atoms with E-state index in [0.717, 1.165) is 68.3 Å². The molecule has 2 aliphatic heterocycles. The van der Waals surface area contributed by atoms with Crippen LogP contribution in [0.4, 0.5) is 5.82 Å². The van der Waals surface area contributed by atoms with Crippen LogP contribution in [0.15, 0.2) is 24.5 Å². The van der Waals surface area contributed by atoms with Crippen LogP contribution in [0.1, 0.15) is 24.1 Å². The van der Waals surface area contributed by atoms with Crippen LogP contribution in [-0.2, 0) is 13.0 Å². The van der Waals surface area contributed by atoms with E-state index >= 15 is 0 Å². The third-order valence-electron chi connectivity index (χ3n) is 4.56. The summed E-state index contributed by atoms with van der Waals surface area (Å²) in [5.74, 6) is 1.81. The SMILES string of the molecule is c1cc(-c2nc3c(c(NC4CCNCC4)n2)CCNC3)ccn1. The topological polar surface area (TPSA) is 74.8 Å². The summed E-state index contributed by atoms with van der Waals surface area (Å²) in [5, 5.41) is 10.5. The number of aromatic nitrogens is 3. The highest BCUT2D eigenvalue weighted by Crippen LogP contribution is 2.26. The molecule has 0 bridgehead atoms. The van der Waals surface area contributed by atoms with Crippen molar-refractivity contribution in [3.8, 4) is 11.4 Å². The van der Waals surface area contributed by atoms with Gasteiger partial charge < -0.3 is 16.0 Å². The predicted molar refractivity (Wildman–Crippen MR) is 90.2 cm³/mol. The number of nitrogens with one attached hydrogen (secondary N) is 3. The van der Waals surface area contributed by atoms with Gasteiger partial charge in [0.15, 0.2) is 5.82 Å². The van der Waals surface area contributed by atoms with Crippen molar-refractivity contribution in [3.63, 3.8) is 0 Å². The Hall–Kier alpha value is -2.05. The average molecular weight is 310 g/mol. The van der Waals surface area contributed by atoms with E-state index in [4.69, 9.17) is 9.97 Å². The lowest BCUT2D eigenvalue weighted by Gasteiger charge is -2.27. The molecule has 0 radical (unpaired) electrons. The van der Waals surface area contributed by atoms with Crippen LogP contribution in [0.5, 0.6) is 0 Å². The lowest BCUT2D eigenvalue weighted by atomic mass is 10.0. The van der Waals surface area contributed by atoms with Gasteiger partial charge in [-0.05, 0) is 51.0 Å². The van der Waals surface area contributed by atoms with Gasteiger partial charge in [-0.1, -0.05) is 0 Å². The first-order valence-corrected chi connectivity index (χ1v) is 8.38. The zero-order valence-electron chi connectivity index (χ0n) is 13.2. The van der Waals surface area contributed by atoms with Crippen LogP contribution in [-0.4, -0.2) is 40.6 Å². The van der Waals surface area contributed by atoms with Crippen molar-refractivity contribution < 1.29 is 0 Å². The number of anilines is 1. The van der Waals surface area contributed by atoms with E-state index in [0.29, 0.717) is 6.04 Å². The van der Waals surface area contributed by atoms with Gasteiger partial charge in [-0.15, -0.1) is 0 Å². The first-order valence-electron chi connectivity index (χ1n) is 8.38. The molecule has 0 aromatic carbocycles. The molecule has 2 aromatic heterocycles. The summed E-state index contributed by atoms with van der Waals surface area (Å²) in [5.41, 5.74) is 3.41. The van der Waals surface area contributed by atoms with Crippen LogP contribution in [0.25, 0.3) is 11.4 Å². The Morgan fingerprint density at radius 3 is 2.65 bits per heavy atom. The largest absolute Gasteiger partial charge is 0.367 e. The van der Waals surface area contributed by atoms with Crippen molar-refractivity contribution in [3.05, 3.63) is 35.8 Å². The number of pyridine rings is 1. The van der Waals surface area contributed by atoms with Gasteiger partial charge in [0.05, 0.1) is 5.69 Å². The summed E-state index contributed by atoms with van der Waals surface area (Å²) in [7, 11) is 0. The molecule has 1 fully saturated rings. The fraction of sp³-hybridized carbons (Fsp3) is 0.471. The van der Waals surface area contributed by atoms with E-state index in [-0.39, 0.29) is 0 Å². The van der Waals surface area contributed by atoms with Gasteiger partial charge in [-0.2, -0.15) is 0 Å². The number of piperidine rings is 1. The van der Waals surface area contributed by atoms with Crippen LogP contribution in [0, 0.1) is 0 Å². The van der Waals surface area contributed by atoms with Crippen LogP contribution >= 0.6 is 0 Å². The van der Waals surface area contributed by atoms with E-state index < -0.39 is 0 Å². The highest BCUT2D eigenvalue weighted by molar-refractivity contribution is 5.60. The van der Waals surface area contributed by atoms with Crippen LogP contribution in [0.3, 0.4) is 0 Å². The Balaban J connectivity index is 1.70. The molecule has 4 rings (SSSR count). The van der Waals surface area contributed by atoms with Gasteiger partial charge in [0.2, 0.25) is 0 Å². The van der Waals surface area contributed by atoms with Gasteiger partial charge in [-0.3, -0.25) is 4.98 Å². The minimum atomic E-state index is 0.496. The lowest BCUT2D eigenvalue weighted by Crippen LogP contribution is -2.36. The second-order valence-corrected chi connectivity index (χ2v) is 6.15. The molecule has 2 aromatic rings. The average Bonchev–Trinajstić information content (AvgIpc) is 2.63. The molecular weight excluding hydrogens is 288 g/mol. The maximum Gasteiger partial charge on any atom is 0.161 e. The Morgan fingerprint density at radius 2 is 1.83 bits per heavy atom. The van der Waals surface area contributed by atoms with Gasteiger partial charge in [-0.25, -0.2) is 9.97 Å². The summed E-state index contributed by atoms with van der Waals surface area (Å²) in [6, 6.07) is 4.42. The zero-order chi connectivity index (χ0) is 15.5. The molecule has 0 saturated carbocycles. The molecule has 0 unspecified atom stereocenters. The quantitative estimate of drug-likeness (QED) is 0.794. The molecule has 3 N–H and O–H groups in total. The molecule has 23 heavy (non-hydrogen) atoms. The summed E-state index contributed by atoms with van der Waals surface area (Å²) < 4.78 is 0. The van der Waals surface area contributed by atoms with E-state index in [1.54, 1.807) is 12.4 Å². The molecule has 0 atom stereocenters. The summed E-state index contributed by atoms with van der Waals surface area (Å²) in [6.07, 6.45) is 6.84. The molecule has 1 saturated heterocycles. The van der Waals surface area contributed by atoms with Crippen LogP contribution < -0.4 is 16.0 Å². The van der Waals surface area contributed by atoms with Crippen molar-refractivity contribution >= 4 is 5.82 Å². The lowest BCUT2D eigenvalue weighted by molar-refractivity contribution is 0.477. The standard InChI is InChI=1S/C17H22N6/c1-6-18-7-2-12(1)16-22-15-11-20-10-5-14(15)17(23-16)21-13-3-8-19-9-4-13/h1-2,6-7,13,19-20H,3-5,8-11H2,(H,21,22,23). The Labute approximate surface area is 136 Å². The molecule has 4 heterocycles. The minimum Gasteiger partial charge on any atom is -0.367 e. The summed E-state index contributed by atoms with van der Waals surface area (Å²) in [6.45, 7) is 3.95. The number of nitrogens with zero attached hydrogens (tertiary/aromatic N) is 3. The molecule has 0 aliphatic carbocycles. The smallest absolute Gasteiger partial charge is 0.161 e. The highest BCUT2D eigenvalue weighted by Gasteiger charge is 2.21. The second kappa shape index (κ2) is 6.60. The molecule has 0 spiro atoms. The minimum absolute atomic E-state index is 0.496. The molecule has 6 nitrogen and oxygen atoms in total. The Kier molecular flexibility index (Phi) is 4.17. The Bertz CT molecular complexity index is 666. The third kappa shape index (κ3) is 3.18. The van der Waals surface area contributed by atoms with Crippen LogP contribution in [0.2, 0.25) is 0 Å². The first-order chi connectivity index (χ1) is 11.4. The van der Waals surface area contributed by atoms with Crippen molar-refractivity contribution in [2.24, 2.45) is 0 Å². The molecular formula is C17H22N6. The van der Waals surface area contributed by atoms with Gasteiger partial charge in [0.1, 0.15) is 5.82 Å². The summed E-state index contributed by atoms with van der Waals surface area (Å²) in [4.78, 5) is 13.7. The van der Waals surface area contributed by atoms with E-state index in [1.807, 2.05) is 12.1 Å². The summed E-state index contributed by atoms with van der Waals surface area (Å²) >= 11 is 0. The van der Waals surface area contributed by atoms with E-state index in [1.165, 1.54) is 5.56 Å². The van der Waals surface area contributed by atoms with Crippen molar-refractivity contribution in [2.45, 2.75) is 31.8 Å². The molecule has 2 aliphatic rings. The van der Waals surface area contributed by atoms with E-state index in [9.17, 15) is 0 Å². The highest BCUT2D eigenvalue weighted by atomic mass is 15.1. The number of hydrogen-bond acceptors (Lipinski definition) is 6. The van der Waals surface area contributed by atoms with Crippen molar-refractivity contribution in [2.75, 3.05) is 25.0 Å². The first kappa shape index (κ1) is 14.5. The predicted octanol–water partition coefficient (Wildman–Crippen LogP) is 1.35. The molecule has 6 heteroatoms. The van der Waals surface area contributed by atoms with E-state index in [2.05, 4.69) is 20.9 Å². The number of hydrogen-bond donors (Lipinski definition) is 3. The molecule has 0 amide bonds. The maximum absolute atomic E-state index is 4.85. The normalized spacial score (nSPS) is 18.4. The van der Waals surface area contributed by atoms with Gasteiger partial charge in [0.25, 0.3) is 0 Å². The number of rotatable bonds is 3. The zero-order valence-corrected chi connectivity index (χ0v) is 13.2. The fourth-order valence-corrected chi connectivity index (χ4v) is 3.27. The third-order valence-corrected chi connectivity index (χ3v) is 4.56. The maximum atomic E-state index is 4.85. The monoisotopic (exact) mass is 310 g/mol.